The van der Waals surface area contributed by atoms with Gasteiger partial charge in [-0.25, -0.2) is 9.97 Å². The Kier molecular flexibility index (Phi) is 7.14. The Morgan fingerprint density at radius 3 is 2.44 bits per heavy atom. The van der Waals surface area contributed by atoms with Gasteiger partial charge in [-0.05, 0) is 24.6 Å². The van der Waals surface area contributed by atoms with Crippen molar-refractivity contribution in [2.45, 2.75) is 32.9 Å². The molecule has 1 aromatic carbocycles. The first-order valence-electron chi connectivity index (χ1n) is 11.7. The molecule has 0 aliphatic rings. The first kappa shape index (κ1) is 24.6. The van der Waals surface area contributed by atoms with E-state index in [9.17, 15) is 14.4 Å². The van der Waals surface area contributed by atoms with E-state index in [1.54, 1.807) is 29.2 Å². The van der Waals surface area contributed by atoms with Crippen LogP contribution in [0.15, 0.2) is 53.7 Å². The number of hydrogen-bond donors (Lipinski definition) is 3. The van der Waals surface area contributed by atoms with E-state index >= 15 is 0 Å². The fourth-order valence-corrected chi connectivity index (χ4v) is 4.07. The summed E-state index contributed by atoms with van der Waals surface area (Å²) in [6, 6.07) is 11.1. The van der Waals surface area contributed by atoms with Crippen LogP contribution in [0.25, 0.3) is 22.3 Å². The number of imidazole rings is 1. The fourth-order valence-electron chi connectivity index (χ4n) is 4.07. The minimum atomic E-state index is -0.290. The van der Waals surface area contributed by atoms with Crippen molar-refractivity contribution in [2.75, 3.05) is 12.8 Å². The van der Waals surface area contributed by atoms with Crippen LogP contribution in [0.4, 0.5) is 5.82 Å². The number of fused-ring (bicyclic) bond motifs is 1. The molecule has 0 saturated heterocycles. The van der Waals surface area contributed by atoms with Gasteiger partial charge in [0.25, 0.3) is 0 Å². The van der Waals surface area contributed by atoms with Gasteiger partial charge >= 0.3 is 0 Å². The lowest BCUT2D eigenvalue weighted by Crippen LogP contribution is -2.27. The highest BCUT2D eigenvalue weighted by Crippen LogP contribution is 2.23. The molecule has 10 nitrogen and oxygen atoms in total. The van der Waals surface area contributed by atoms with Crippen molar-refractivity contribution in [1.29, 1.82) is 0 Å². The number of benzene rings is 1. The van der Waals surface area contributed by atoms with Gasteiger partial charge in [-0.3, -0.25) is 14.4 Å². The third kappa shape index (κ3) is 4.97. The van der Waals surface area contributed by atoms with E-state index in [4.69, 9.17) is 10.7 Å². The summed E-state index contributed by atoms with van der Waals surface area (Å²) in [5, 5.41) is 5.84. The van der Waals surface area contributed by atoms with Crippen LogP contribution in [0.2, 0.25) is 0 Å². The Morgan fingerprint density at radius 1 is 1.06 bits per heavy atom. The molecule has 4 aromatic rings. The van der Waals surface area contributed by atoms with Gasteiger partial charge in [0.05, 0.1) is 42.5 Å². The largest absolute Gasteiger partial charge is 0.385 e. The number of likely N-dealkylation sites (N-methyl/N-ethyl adjacent to an activating group) is 1. The summed E-state index contributed by atoms with van der Waals surface area (Å²) in [6.45, 7) is 2.82. The molecule has 3 aromatic heterocycles. The minimum absolute atomic E-state index is 0.0808. The molecule has 4 rings (SSSR count). The van der Waals surface area contributed by atoms with Crippen molar-refractivity contribution >= 4 is 28.7 Å². The lowest BCUT2D eigenvalue weighted by molar-refractivity contribution is -0.121. The number of pyridine rings is 2. The summed E-state index contributed by atoms with van der Waals surface area (Å²) in [5.41, 5.74) is 10.0. The zero-order chi connectivity index (χ0) is 25.8. The molecule has 0 unspecified atom stereocenters. The number of nitrogens with two attached hydrogens (primary N) is 1. The summed E-state index contributed by atoms with van der Waals surface area (Å²) in [7, 11) is 3.40. The van der Waals surface area contributed by atoms with Gasteiger partial charge in [-0.15, -0.1) is 0 Å². The number of hydrogen-bond acceptors (Lipinski definition) is 6. The Balaban J connectivity index is 1.56. The third-order valence-electron chi connectivity index (χ3n) is 6.18. The fraction of sp³-hybridized carbons (Fsp3) is 0.269. The zero-order valence-electron chi connectivity index (χ0n) is 20.5. The Labute approximate surface area is 208 Å². The molecular weight excluding hydrogens is 458 g/mol. The van der Waals surface area contributed by atoms with Crippen LogP contribution in [-0.4, -0.2) is 38.0 Å². The van der Waals surface area contributed by atoms with Crippen LogP contribution in [-0.2, 0) is 42.6 Å². The van der Waals surface area contributed by atoms with E-state index in [2.05, 4.69) is 15.6 Å². The second kappa shape index (κ2) is 10.4. The number of aryl methyl sites for hydroxylation is 2. The topological polar surface area (TPSA) is 137 Å². The highest BCUT2D eigenvalue weighted by molar-refractivity contribution is 5.85. The number of anilines is 1. The van der Waals surface area contributed by atoms with Crippen molar-refractivity contribution in [1.82, 2.24) is 29.7 Å². The average Bonchev–Trinajstić information content (AvgIpc) is 3.30. The maximum absolute atomic E-state index is 13.1. The predicted octanol–water partition coefficient (Wildman–Crippen LogP) is 1.55. The van der Waals surface area contributed by atoms with Crippen LogP contribution in [0, 0.1) is 0 Å². The highest BCUT2D eigenvalue weighted by atomic mass is 16.2. The van der Waals surface area contributed by atoms with E-state index in [0.29, 0.717) is 29.8 Å². The summed E-state index contributed by atoms with van der Waals surface area (Å²) in [5.74, 6) is -0.116. The molecule has 0 aliphatic carbocycles. The average molecular weight is 488 g/mol. The molecule has 10 heteroatoms. The van der Waals surface area contributed by atoms with Crippen LogP contribution in [0.5, 0.6) is 0 Å². The lowest BCUT2D eigenvalue weighted by Gasteiger charge is -2.16. The first-order valence-corrected chi connectivity index (χ1v) is 11.7. The van der Waals surface area contributed by atoms with E-state index in [1.807, 2.05) is 42.8 Å². The van der Waals surface area contributed by atoms with E-state index in [0.717, 1.165) is 16.8 Å². The number of carbonyl (C=O) groups excluding carboxylic acids is 2. The molecule has 0 atom stereocenters. The molecule has 0 aliphatic heterocycles. The number of amides is 2. The SMILES string of the molecule is CCn1c(N)c(CC(=O)NC)c(=O)c2ccc(-c3ccc(CC(=O)NCc4cncn4C)cc3)nc21. The monoisotopic (exact) mass is 487 g/mol. The van der Waals surface area contributed by atoms with Crippen LogP contribution >= 0.6 is 0 Å². The van der Waals surface area contributed by atoms with Crippen molar-refractivity contribution < 1.29 is 9.59 Å². The molecule has 4 N–H and O–H groups in total. The maximum Gasteiger partial charge on any atom is 0.224 e. The number of aromatic nitrogens is 4. The van der Waals surface area contributed by atoms with E-state index < -0.39 is 0 Å². The first-order chi connectivity index (χ1) is 17.3. The summed E-state index contributed by atoms with van der Waals surface area (Å²) in [6.07, 6.45) is 3.58. The van der Waals surface area contributed by atoms with E-state index in [1.165, 1.54) is 7.05 Å². The van der Waals surface area contributed by atoms with Gasteiger partial charge in [-0.1, -0.05) is 24.3 Å². The molecule has 36 heavy (non-hydrogen) atoms. The Bertz CT molecular complexity index is 1490. The quantitative estimate of drug-likeness (QED) is 0.345. The molecule has 0 radical (unpaired) electrons. The number of nitrogen functional groups attached to an aromatic ring is 1. The third-order valence-corrected chi connectivity index (χ3v) is 6.18. The zero-order valence-corrected chi connectivity index (χ0v) is 20.5. The number of nitrogens with zero attached hydrogens (tertiary/aromatic N) is 4. The molecule has 0 saturated carbocycles. The normalized spacial score (nSPS) is 11.0. The maximum atomic E-state index is 13.1. The van der Waals surface area contributed by atoms with Crippen molar-refractivity contribution in [3.05, 3.63) is 76.0 Å². The second-order valence-electron chi connectivity index (χ2n) is 8.50. The predicted molar refractivity (Wildman–Crippen MR) is 138 cm³/mol. The number of rotatable bonds is 8. The van der Waals surface area contributed by atoms with Crippen molar-refractivity contribution in [3.63, 3.8) is 0 Å². The van der Waals surface area contributed by atoms with Gasteiger partial charge in [0.2, 0.25) is 11.8 Å². The summed E-state index contributed by atoms with van der Waals surface area (Å²) < 4.78 is 3.61. The van der Waals surface area contributed by atoms with Gasteiger partial charge in [0, 0.05) is 38.0 Å². The minimum Gasteiger partial charge on any atom is -0.385 e. The highest BCUT2D eigenvalue weighted by Gasteiger charge is 2.18. The lowest BCUT2D eigenvalue weighted by atomic mass is 10.0. The molecule has 3 heterocycles. The van der Waals surface area contributed by atoms with Gasteiger partial charge in [0.1, 0.15) is 11.5 Å². The van der Waals surface area contributed by atoms with Crippen LogP contribution in [0.1, 0.15) is 23.7 Å². The van der Waals surface area contributed by atoms with Crippen molar-refractivity contribution in [2.24, 2.45) is 7.05 Å². The molecule has 0 fully saturated rings. The van der Waals surface area contributed by atoms with Gasteiger partial charge in [0.15, 0.2) is 5.43 Å². The standard InChI is InChI=1S/C26H29N7O3/c1-4-33-25(27)20(12-22(34)28-2)24(36)19-9-10-21(31-26(19)33)17-7-5-16(6-8-17)11-23(35)30-14-18-13-29-15-32(18)3/h5-10,13,15H,4,11-12,14,27H2,1-3H3,(H,28,34)(H,30,35). The van der Waals surface area contributed by atoms with Crippen molar-refractivity contribution in [3.8, 4) is 11.3 Å². The number of nitrogens with one attached hydrogen (secondary N) is 2. The smallest absolute Gasteiger partial charge is 0.224 e. The van der Waals surface area contributed by atoms with Gasteiger partial charge < -0.3 is 25.5 Å². The van der Waals surface area contributed by atoms with Crippen LogP contribution in [0.3, 0.4) is 0 Å². The van der Waals surface area contributed by atoms with Crippen LogP contribution < -0.4 is 21.8 Å². The molecular formula is C26H29N7O3. The molecule has 186 valence electrons. The number of carbonyl (C=O) groups is 2. The summed E-state index contributed by atoms with van der Waals surface area (Å²) >= 11 is 0. The van der Waals surface area contributed by atoms with E-state index in [-0.39, 0.29) is 41.5 Å². The van der Waals surface area contributed by atoms with Gasteiger partial charge in [-0.2, -0.15) is 0 Å². The molecule has 0 spiro atoms. The Hall–Kier alpha value is -4.47. The summed E-state index contributed by atoms with van der Waals surface area (Å²) in [4.78, 5) is 46.1. The molecule has 0 bridgehead atoms. The second-order valence-corrected chi connectivity index (χ2v) is 8.50. The molecule has 2 amide bonds. The Morgan fingerprint density at radius 2 is 1.81 bits per heavy atom.